The van der Waals surface area contributed by atoms with Gasteiger partial charge in [0.1, 0.15) is 5.75 Å². The average Bonchev–Trinajstić information content (AvgIpc) is 2.30. The minimum Gasteiger partial charge on any atom is -0.491 e. The van der Waals surface area contributed by atoms with Crippen molar-refractivity contribution in [3.05, 3.63) is 24.0 Å². The Morgan fingerprint density at radius 1 is 1.41 bits per heavy atom. The average molecular weight is 235 g/mol. The molecule has 0 atom stereocenters. The fourth-order valence-electron chi connectivity index (χ4n) is 1.99. The zero-order valence-electron chi connectivity index (χ0n) is 10.6. The summed E-state index contributed by atoms with van der Waals surface area (Å²) >= 11 is 0. The van der Waals surface area contributed by atoms with Crippen molar-refractivity contribution in [2.24, 2.45) is 0 Å². The highest BCUT2D eigenvalue weighted by Gasteiger charge is 2.11. The Labute approximate surface area is 103 Å². The van der Waals surface area contributed by atoms with Gasteiger partial charge in [0, 0.05) is 45.0 Å². The van der Waals surface area contributed by atoms with Gasteiger partial charge in [-0.25, -0.2) is 0 Å². The minimum absolute atomic E-state index is 0.212. The first-order valence-electron chi connectivity index (χ1n) is 6.29. The molecule has 1 aliphatic heterocycles. The van der Waals surface area contributed by atoms with E-state index in [4.69, 9.17) is 4.74 Å². The molecule has 0 amide bonds. The zero-order valence-corrected chi connectivity index (χ0v) is 10.6. The van der Waals surface area contributed by atoms with E-state index in [2.05, 4.69) is 15.2 Å². The first kappa shape index (κ1) is 12.3. The molecule has 2 rings (SSSR count). The smallest absolute Gasteiger partial charge is 0.123 e. The lowest BCUT2D eigenvalue weighted by Gasteiger charge is -2.26. The van der Waals surface area contributed by atoms with Crippen molar-refractivity contribution in [1.29, 1.82) is 0 Å². The highest BCUT2D eigenvalue weighted by Crippen LogP contribution is 2.14. The van der Waals surface area contributed by atoms with E-state index in [1.165, 1.54) is 0 Å². The van der Waals surface area contributed by atoms with E-state index in [0.717, 1.165) is 44.2 Å². The van der Waals surface area contributed by atoms with Crippen LogP contribution >= 0.6 is 0 Å². The van der Waals surface area contributed by atoms with Crippen LogP contribution in [0.1, 0.15) is 19.5 Å². The number of rotatable bonds is 4. The molecular weight excluding hydrogens is 214 g/mol. The number of pyridine rings is 1. The zero-order chi connectivity index (χ0) is 12.1. The largest absolute Gasteiger partial charge is 0.491 e. The molecule has 1 aliphatic rings. The predicted molar refractivity (Wildman–Crippen MR) is 68.1 cm³/mol. The standard InChI is InChI=1S/C13H21N3O/c1-11(2)17-13-3-4-15-12(9-13)10-16-7-5-14-6-8-16/h3-4,9,11,14H,5-8,10H2,1-2H3. The van der Waals surface area contributed by atoms with E-state index in [-0.39, 0.29) is 6.10 Å². The summed E-state index contributed by atoms with van der Waals surface area (Å²) in [4.78, 5) is 6.81. The van der Waals surface area contributed by atoms with Crippen LogP contribution in [0, 0.1) is 0 Å². The lowest BCUT2D eigenvalue weighted by Crippen LogP contribution is -2.43. The van der Waals surface area contributed by atoms with E-state index >= 15 is 0 Å². The van der Waals surface area contributed by atoms with Gasteiger partial charge in [0.25, 0.3) is 0 Å². The van der Waals surface area contributed by atoms with Gasteiger partial charge in [-0.1, -0.05) is 0 Å². The van der Waals surface area contributed by atoms with Crippen LogP contribution in [-0.2, 0) is 6.54 Å². The number of ether oxygens (including phenoxy) is 1. The van der Waals surface area contributed by atoms with Crippen molar-refractivity contribution in [3.8, 4) is 5.75 Å². The second-order valence-corrected chi connectivity index (χ2v) is 4.68. The Morgan fingerprint density at radius 3 is 2.88 bits per heavy atom. The third-order valence-electron chi connectivity index (χ3n) is 2.76. The van der Waals surface area contributed by atoms with E-state index in [1.54, 1.807) is 0 Å². The first-order valence-corrected chi connectivity index (χ1v) is 6.29. The van der Waals surface area contributed by atoms with Gasteiger partial charge in [-0.15, -0.1) is 0 Å². The molecule has 0 spiro atoms. The van der Waals surface area contributed by atoms with Crippen molar-refractivity contribution in [2.75, 3.05) is 26.2 Å². The van der Waals surface area contributed by atoms with Gasteiger partial charge >= 0.3 is 0 Å². The fourth-order valence-corrected chi connectivity index (χ4v) is 1.99. The molecule has 1 fully saturated rings. The van der Waals surface area contributed by atoms with Crippen molar-refractivity contribution in [2.45, 2.75) is 26.5 Å². The van der Waals surface area contributed by atoms with Gasteiger partial charge in [-0.05, 0) is 19.9 Å². The van der Waals surface area contributed by atoms with Crippen molar-refractivity contribution in [1.82, 2.24) is 15.2 Å². The molecule has 0 unspecified atom stereocenters. The number of aromatic nitrogens is 1. The molecule has 1 N–H and O–H groups in total. The molecule has 0 saturated carbocycles. The Balaban J connectivity index is 1.95. The Kier molecular flexibility index (Phi) is 4.34. The van der Waals surface area contributed by atoms with E-state index < -0.39 is 0 Å². The summed E-state index contributed by atoms with van der Waals surface area (Å²) < 4.78 is 5.67. The summed E-state index contributed by atoms with van der Waals surface area (Å²) in [7, 11) is 0. The number of piperazine rings is 1. The van der Waals surface area contributed by atoms with Crippen LogP contribution < -0.4 is 10.1 Å². The summed E-state index contributed by atoms with van der Waals surface area (Å²) in [5.41, 5.74) is 1.09. The number of hydrogen-bond donors (Lipinski definition) is 1. The van der Waals surface area contributed by atoms with Crippen LogP contribution in [0.3, 0.4) is 0 Å². The summed E-state index contributed by atoms with van der Waals surface area (Å²) in [6, 6.07) is 3.96. The quantitative estimate of drug-likeness (QED) is 0.853. The van der Waals surface area contributed by atoms with E-state index in [9.17, 15) is 0 Å². The van der Waals surface area contributed by atoms with Gasteiger partial charge in [-0.2, -0.15) is 0 Å². The molecule has 1 aromatic heterocycles. The summed E-state index contributed by atoms with van der Waals surface area (Å²) in [6.07, 6.45) is 2.04. The Morgan fingerprint density at radius 2 is 2.18 bits per heavy atom. The molecule has 4 nitrogen and oxygen atoms in total. The number of hydrogen-bond acceptors (Lipinski definition) is 4. The third-order valence-corrected chi connectivity index (χ3v) is 2.76. The molecule has 0 bridgehead atoms. The van der Waals surface area contributed by atoms with Gasteiger partial charge in [-0.3, -0.25) is 9.88 Å². The molecule has 4 heteroatoms. The van der Waals surface area contributed by atoms with Gasteiger partial charge in [0.05, 0.1) is 11.8 Å². The number of nitrogens with zero attached hydrogens (tertiary/aromatic N) is 2. The molecule has 94 valence electrons. The maximum Gasteiger partial charge on any atom is 0.123 e. The SMILES string of the molecule is CC(C)Oc1ccnc(CN2CCNCC2)c1. The van der Waals surface area contributed by atoms with E-state index in [1.807, 2.05) is 32.2 Å². The lowest BCUT2D eigenvalue weighted by molar-refractivity contribution is 0.227. The van der Waals surface area contributed by atoms with Crippen LogP contribution in [0.4, 0.5) is 0 Å². The summed E-state index contributed by atoms with van der Waals surface area (Å²) in [5, 5.41) is 3.35. The Hall–Kier alpha value is -1.13. The monoisotopic (exact) mass is 235 g/mol. The van der Waals surface area contributed by atoms with Gasteiger partial charge < -0.3 is 10.1 Å². The third kappa shape index (κ3) is 3.98. The highest BCUT2D eigenvalue weighted by atomic mass is 16.5. The molecule has 17 heavy (non-hydrogen) atoms. The fraction of sp³-hybridized carbons (Fsp3) is 0.615. The van der Waals surface area contributed by atoms with Crippen LogP contribution in [0.5, 0.6) is 5.75 Å². The van der Waals surface area contributed by atoms with Crippen molar-refractivity contribution < 1.29 is 4.74 Å². The lowest BCUT2D eigenvalue weighted by atomic mass is 10.3. The molecular formula is C13H21N3O. The van der Waals surface area contributed by atoms with Crippen LogP contribution in [0.2, 0.25) is 0 Å². The normalized spacial score (nSPS) is 17.4. The van der Waals surface area contributed by atoms with Gasteiger partial charge in [0.2, 0.25) is 0 Å². The topological polar surface area (TPSA) is 37.4 Å². The first-order chi connectivity index (χ1) is 8.24. The van der Waals surface area contributed by atoms with E-state index in [0.29, 0.717) is 0 Å². The summed E-state index contributed by atoms with van der Waals surface area (Å²) in [6.45, 7) is 9.32. The summed E-state index contributed by atoms with van der Waals surface area (Å²) in [5.74, 6) is 0.917. The Bertz CT molecular complexity index is 348. The molecule has 1 saturated heterocycles. The van der Waals surface area contributed by atoms with Crippen molar-refractivity contribution >= 4 is 0 Å². The second kappa shape index (κ2) is 5.98. The number of nitrogens with one attached hydrogen (secondary N) is 1. The van der Waals surface area contributed by atoms with Crippen LogP contribution in [-0.4, -0.2) is 42.2 Å². The molecule has 0 aromatic carbocycles. The minimum atomic E-state index is 0.212. The van der Waals surface area contributed by atoms with Crippen LogP contribution in [0.15, 0.2) is 18.3 Å². The maximum absolute atomic E-state index is 5.67. The molecule has 2 heterocycles. The van der Waals surface area contributed by atoms with Gasteiger partial charge in [0.15, 0.2) is 0 Å². The van der Waals surface area contributed by atoms with Crippen LogP contribution in [0.25, 0.3) is 0 Å². The second-order valence-electron chi connectivity index (χ2n) is 4.68. The van der Waals surface area contributed by atoms with Crippen molar-refractivity contribution in [3.63, 3.8) is 0 Å². The molecule has 0 aliphatic carbocycles. The maximum atomic E-state index is 5.67. The molecule has 1 aromatic rings. The highest BCUT2D eigenvalue weighted by molar-refractivity contribution is 5.22. The molecule has 0 radical (unpaired) electrons. The predicted octanol–water partition coefficient (Wildman–Crippen LogP) is 1.27.